The molecule has 0 N–H and O–H groups in total. The maximum atomic E-state index is 6.29. The van der Waals surface area contributed by atoms with Crippen LogP contribution in [-0.4, -0.2) is 19.3 Å². The van der Waals surface area contributed by atoms with Crippen LogP contribution >= 0.6 is 0 Å². The first-order chi connectivity index (χ1) is 7.23. The second kappa shape index (κ2) is 4.45. The Morgan fingerprint density at radius 2 is 1.44 bits per heavy atom. The van der Waals surface area contributed by atoms with Gasteiger partial charge in [0.2, 0.25) is 0 Å². The molecule has 16 heavy (non-hydrogen) atoms. The molecule has 1 unspecified atom stereocenters. The van der Waals surface area contributed by atoms with Crippen molar-refractivity contribution in [2.75, 3.05) is 0 Å². The molecular weight excluding hydrogens is 212 g/mol. The summed E-state index contributed by atoms with van der Waals surface area (Å²) in [6, 6.07) is 4.23. The van der Waals surface area contributed by atoms with E-state index in [2.05, 4.69) is 48.5 Å². The van der Waals surface area contributed by atoms with Crippen molar-refractivity contribution >= 4 is 8.07 Å². The van der Waals surface area contributed by atoms with Gasteiger partial charge in [-0.25, -0.2) is 0 Å². The molecule has 0 aromatic rings. The average molecular weight is 242 g/mol. The minimum atomic E-state index is -1.13. The molecule has 1 fully saturated rings. The molecule has 0 radical (unpaired) electrons. The topological polar surface area (TPSA) is 9.23 Å². The maximum absolute atomic E-state index is 6.29. The molecule has 1 atom stereocenters. The van der Waals surface area contributed by atoms with Crippen LogP contribution in [0.4, 0.5) is 0 Å². The van der Waals surface area contributed by atoms with Crippen molar-refractivity contribution in [2.24, 2.45) is 0 Å². The van der Waals surface area contributed by atoms with Crippen molar-refractivity contribution in [1.82, 2.24) is 0 Å². The molecule has 2 heteroatoms. The Hall–Kier alpha value is 0.177. The normalized spacial score (nSPS) is 28.3. The Morgan fingerprint density at radius 1 is 1.00 bits per heavy atom. The summed E-state index contributed by atoms with van der Waals surface area (Å²) in [5.74, 6) is 0. The third kappa shape index (κ3) is 2.38. The summed E-state index contributed by atoms with van der Waals surface area (Å²) >= 11 is 0. The van der Waals surface area contributed by atoms with E-state index in [9.17, 15) is 0 Å². The van der Waals surface area contributed by atoms with Gasteiger partial charge in [0.05, 0.1) is 19.3 Å². The lowest BCUT2D eigenvalue weighted by Crippen LogP contribution is -2.45. The number of hydrogen-bond acceptors (Lipinski definition) is 1. The smallest absolute Gasteiger partial charge is 0.0639 e. The summed E-state index contributed by atoms with van der Waals surface area (Å²) in [5, 5.41) is 0. The molecule has 1 rings (SSSR count). The van der Waals surface area contributed by atoms with Gasteiger partial charge >= 0.3 is 0 Å². The van der Waals surface area contributed by atoms with Gasteiger partial charge in [-0.2, -0.15) is 0 Å². The minimum Gasteiger partial charge on any atom is -0.370 e. The van der Waals surface area contributed by atoms with Crippen molar-refractivity contribution in [1.29, 1.82) is 0 Å². The zero-order valence-corrected chi connectivity index (χ0v) is 13.3. The van der Waals surface area contributed by atoms with Gasteiger partial charge in [0.25, 0.3) is 0 Å². The molecule has 1 aliphatic heterocycles. The molecule has 0 amide bonds. The SMILES string of the molecule is CC[Si](CC)(CC)C1CC(C)(C)OC1(C)C. The van der Waals surface area contributed by atoms with Gasteiger partial charge in [0, 0.05) is 0 Å². The van der Waals surface area contributed by atoms with Crippen molar-refractivity contribution < 1.29 is 4.74 Å². The van der Waals surface area contributed by atoms with Crippen LogP contribution in [0.3, 0.4) is 0 Å². The second-order valence-electron chi connectivity index (χ2n) is 6.64. The predicted molar refractivity (Wildman–Crippen MR) is 74.8 cm³/mol. The minimum absolute atomic E-state index is 0.0892. The highest BCUT2D eigenvalue weighted by Crippen LogP contribution is 2.53. The lowest BCUT2D eigenvalue weighted by Gasteiger charge is -2.41. The highest BCUT2D eigenvalue weighted by molar-refractivity contribution is 6.81. The fourth-order valence-electron chi connectivity index (χ4n) is 4.01. The van der Waals surface area contributed by atoms with E-state index in [1.807, 2.05) is 0 Å². The Morgan fingerprint density at radius 3 is 1.69 bits per heavy atom. The van der Waals surface area contributed by atoms with Crippen LogP contribution in [0.25, 0.3) is 0 Å². The molecule has 0 spiro atoms. The van der Waals surface area contributed by atoms with E-state index in [0.717, 1.165) is 5.54 Å². The number of ether oxygens (including phenoxy) is 1. The van der Waals surface area contributed by atoms with Crippen molar-refractivity contribution in [2.45, 2.75) is 89.8 Å². The molecular formula is C14H30OSi. The summed E-state index contributed by atoms with van der Waals surface area (Å²) in [5.41, 5.74) is 1.01. The molecule has 1 heterocycles. The van der Waals surface area contributed by atoms with Crippen LogP contribution in [0, 0.1) is 0 Å². The van der Waals surface area contributed by atoms with Crippen molar-refractivity contribution in [3.8, 4) is 0 Å². The Labute approximate surface area is 103 Å². The highest BCUT2D eigenvalue weighted by atomic mass is 28.3. The summed E-state index contributed by atoms with van der Waals surface area (Å²) in [7, 11) is -1.13. The molecule has 0 aromatic carbocycles. The third-order valence-corrected chi connectivity index (χ3v) is 11.5. The second-order valence-corrected chi connectivity index (χ2v) is 12.2. The fourth-order valence-corrected chi connectivity index (χ4v) is 9.44. The lowest BCUT2D eigenvalue weighted by molar-refractivity contribution is -0.0647. The van der Waals surface area contributed by atoms with Crippen LogP contribution in [0.2, 0.25) is 23.7 Å². The maximum Gasteiger partial charge on any atom is 0.0639 e. The summed E-state index contributed by atoms with van der Waals surface area (Å²) in [6.07, 6.45) is 1.27. The predicted octanol–water partition coefficient (Wildman–Crippen LogP) is 4.84. The molecule has 1 nitrogen and oxygen atoms in total. The van der Waals surface area contributed by atoms with E-state index in [-0.39, 0.29) is 11.2 Å². The molecule has 1 saturated heterocycles. The number of rotatable bonds is 4. The highest BCUT2D eigenvalue weighted by Gasteiger charge is 2.54. The summed E-state index contributed by atoms with van der Waals surface area (Å²) < 4.78 is 6.29. The van der Waals surface area contributed by atoms with Gasteiger partial charge in [-0.1, -0.05) is 38.9 Å². The van der Waals surface area contributed by atoms with Gasteiger partial charge in [0.15, 0.2) is 0 Å². The van der Waals surface area contributed by atoms with E-state index < -0.39 is 8.07 Å². The van der Waals surface area contributed by atoms with Gasteiger partial charge in [0.1, 0.15) is 0 Å². The molecule has 0 bridgehead atoms. The van der Waals surface area contributed by atoms with E-state index >= 15 is 0 Å². The molecule has 96 valence electrons. The van der Waals surface area contributed by atoms with Gasteiger partial charge in [-0.05, 0) is 39.7 Å². The Bertz CT molecular complexity index is 233. The van der Waals surface area contributed by atoms with E-state index in [4.69, 9.17) is 4.74 Å². The summed E-state index contributed by atoms with van der Waals surface area (Å²) in [4.78, 5) is 0. The first kappa shape index (κ1) is 14.2. The standard InChI is InChI=1S/C14H30OSi/c1-8-16(9-2,10-3)12-11-13(4,5)15-14(12,6)7/h12H,8-11H2,1-7H3. The van der Waals surface area contributed by atoms with Gasteiger partial charge in [-0.3, -0.25) is 0 Å². The van der Waals surface area contributed by atoms with Crippen LogP contribution in [0.1, 0.15) is 54.9 Å². The first-order valence-corrected chi connectivity index (χ1v) is 9.63. The molecule has 1 aliphatic rings. The lowest BCUT2D eigenvalue weighted by atomic mass is 10.00. The van der Waals surface area contributed by atoms with Gasteiger partial charge < -0.3 is 4.74 Å². The molecule has 0 aromatic heterocycles. The number of hydrogen-bond donors (Lipinski definition) is 0. The average Bonchev–Trinajstić information content (AvgIpc) is 2.39. The van der Waals surface area contributed by atoms with Crippen molar-refractivity contribution in [3.63, 3.8) is 0 Å². The first-order valence-electron chi connectivity index (χ1n) is 6.93. The third-order valence-electron chi connectivity index (χ3n) is 4.93. The van der Waals surface area contributed by atoms with Crippen molar-refractivity contribution in [3.05, 3.63) is 0 Å². The van der Waals surface area contributed by atoms with E-state index in [1.165, 1.54) is 24.6 Å². The fraction of sp³-hybridized carbons (Fsp3) is 1.00. The van der Waals surface area contributed by atoms with E-state index in [0.29, 0.717) is 0 Å². The van der Waals surface area contributed by atoms with Crippen LogP contribution in [-0.2, 0) is 4.74 Å². The largest absolute Gasteiger partial charge is 0.370 e. The molecule has 0 saturated carbocycles. The van der Waals surface area contributed by atoms with Gasteiger partial charge in [-0.15, -0.1) is 0 Å². The van der Waals surface area contributed by atoms with Crippen LogP contribution in [0.15, 0.2) is 0 Å². The Balaban J connectivity index is 3.02. The van der Waals surface area contributed by atoms with Crippen LogP contribution in [0.5, 0.6) is 0 Å². The monoisotopic (exact) mass is 242 g/mol. The Kier molecular flexibility index (Phi) is 3.96. The van der Waals surface area contributed by atoms with Crippen LogP contribution < -0.4 is 0 Å². The summed E-state index contributed by atoms with van der Waals surface area (Å²) in [6.45, 7) is 16.4. The zero-order valence-electron chi connectivity index (χ0n) is 12.3. The quantitative estimate of drug-likeness (QED) is 0.641. The molecule has 0 aliphatic carbocycles. The zero-order chi connectivity index (χ0) is 12.6. The van der Waals surface area contributed by atoms with E-state index in [1.54, 1.807) is 0 Å².